The van der Waals surface area contributed by atoms with Gasteiger partial charge in [0.05, 0.1) is 0 Å². The summed E-state index contributed by atoms with van der Waals surface area (Å²) < 4.78 is 10.4. The third kappa shape index (κ3) is 7.36. The van der Waals surface area contributed by atoms with Gasteiger partial charge in [0.1, 0.15) is 0 Å². The Balaban J connectivity index is 0.000000550. The maximum atomic E-state index is 8.88. The van der Waals surface area contributed by atoms with E-state index >= 15 is 0 Å². The second-order valence-corrected chi connectivity index (χ2v) is 9.89. The number of benzene rings is 2. The first-order valence-electron chi connectivity index (χ1n) is 8.18. The van der Waals surface area contributed by atoms with E-state index in [1.54, 1.807) is 0 Å². The normalized spacial score (nSPS) is 12.4. The molecule has 25 heavy (non-hydrogen) atoms. The van der Waals surface area contributed by atoms with E-state index in [9.17, 15) is 0 Å². The monoisotopic (exact) mass is 372 g/mol. The molecule has 0 saturated heterocycles. The zero-order valence-corrected chi connectivity index (χ0v) is 18.7. The molecule has 0 bridgehead atoms. The van der Waals surface area contributed by atoms with E-state index < -0.39 is 7.82 Å². The van der Waals surface area contributed by atoms with Crippen molar-refractivity contribution in [3.63, 3.8) is 0 Å². The SMILES string of the molecule is CC(C)(C)c1cc(C(C)(C)c2ccccc2)cc[c]1[Na].O=P(O)(O)O. The molecule has 4 nitrogen and oxygen atoms in total. The van der Waals surface area contributed by atoms with E-state index in [-0.39, 0.29) is 10.8 Å². The summed E-state index contributed by atoms with van der Waals surface area (Å²) in [5.41, 5.74) is 4.57. The van der Waals surface area contributed by atoms with Gasteiger partial charge in [0.2, 0.25) is 0 Å². The van der Waals surface area contributed by atoms with E-state index in [0.29, 0.717) is 0 Å². The topological polar surface area (TPSA) is 77.8 Å². The number of hydrogen-bond acceptors (Lipinski definition) is 1. The molecule has 0 spiro atoms. The average molecular weight is 372 g/mol. The van der Waals surface area contributed by atoms with Crippen LogP contribution in [0, 0.1) is 0 Å². The summed E-state index contributed by atoms with van der Waals surface area (Å²) >= 11 is 1.11. The van der Waals surface area contributed by atoms with Crippen LogP contribution in [0.1, 0.15) is 51.3 Å². The molecule has 0 aromatic heterocycles. The summed E-state index contributed by atoms with van der Waals surface area (Å²) in [4.78, 5) is 21.6. The minimum Gasteiger partial charge on any atom is -0.303 e. The molecule has 2 aromatic carbocycles. The molecule has 3 N–H and O–H groups in total. The third-order valence-corrected chi connectivity index (χ3v) is 5.13. The molecule has 6 heteroatoms. The van der Waals surface area contributed by atoms with Gasteiger partial charge in [0.15, 0.2) is 0 Å². The molecule has 0 unspecified atom stereocenters. The Morgan fingerprint density at radius 3 is 1.76 bits per heavy atom. The van der Waals surface area contributed by atoms with Gasteiger partial charge >= 0.3 is 149 Å². The molecule has 2 rings (SSSR count). The Kier molecular flexibility index (Phi) is 7.67. The second-order valence-electron chi connectivity index (χ2n) is 7.78. The second kappa shape index (κ2) is 8.49. The number of phosphoric acid groups is 1. The fourth-order valence-electron chi connectivity index (χ4n) is 2.84. The van der Waals surface area contributed by atoms with Crippen molar-refractivity contribution in [1.29, 1.82) is 0 Å². The summed E-state index contributed by atoms with van der Waals surface area (Å²) in [5, 5.41) is 0. The Morgan fingerprint density at radius 1 is 0.840 bits per heavy atom. The van der Waals surface area contributed by atoms with Gasteiger partial charge in [-0.1, -0.05) is 0 Å². The smallest absolute Gasteiger partial charge is 0.303 e. The molecular weight excluding hydrogens is 346 g/mol. The number of hydrogen-bond donors (Lipinski definition) is 3. The fourth-order valence-corrected chi connectivity index (χ4v) is 3.90. The van der Waals surface area contributed by atoms with Crippen molar-refractivity contribution in [2.75, 3.05) is 0 Å². The molecule has 0 aliphatic carbocycles. The first-order valence-corrected chi connectivity index (χ1v) is 10.7. The summed E-state index contributed by atoms with van der Waals surface area (Å²) in [5.74, 6) is 0. The first-order chi connectivity index (χ1) is 11.2. The van der Waals surface area contributed by atoms with E-state index in [1.165, 1.54) is 19.5 Å². The molecule has 0 aliphatic heterocycles. The molecular formula is C19H26NaO4P. The van der Waals surface area contributed by atoms with Crippen LogP contribution in [0.25, 0.3) is 0 Å². The molecule has 0 atom stereocenters. The van der Waals surface area contributed by atoms with Crippen LogP contribution in [-0.4, -0.2) is 42.6 Å². The third-order valence-electron chi connectivity index (χ3n) is 4.26. The summed E-state index contributed by atoms with van der Waals surface area (Å²) in [6.07, 6.45) is 0. The Hall–Kier alpha value is -0.450. The van der Waals surface area contributed by atoms with Gasteiger partial charge in [-0.15, -0.1) is 0 Å². The van der Waals surface area contributed by atoms with Crippen molar-refractivity contribution in [3.05, 3.63) is 65.2 Å². The molecule has 132 valence electrons. The quantitative estimate of drug-likeness (QED) is 0.559. The summed E-state index contributed by atoms with van der Waals surface area (Å²) in [7, 11) is -4.64. The predicted octanol–water partition coefficient (Wildman–Crippen LogP) is 3.18. The van der Waals surface area contributed by atoms with Crippen molar-refractivity contribution in [2.45, 2.75) is 45.4 Å². The van der Waals surface area contributed by atoms with Crippen LogP contribution >= 0.6 is 7.82 Å². The average Bonchev–Trinajstić information content (AvgIpc) is 2.45. The maximum Gasteiger partial charge on any atom is 0.466 e. The van der Waals surface area contributed by atoms with Crippen LogP contribution < -0.4 is 2.81 Å². The molecule has 2 aromatic rings. The van der Waals surface area contributed by atoms with Crippen molar-refractivity contribution in [2.24, 2.45) is 0 Å². The van der Waals surface area contributed by atoms with Gasteiger partial charge in [-0.2, -0.15) is 0 Å². The minimum absolute atomic E-state index is 0.0521. The Bertz CT molecular complexity index is 737. The van der Waals surface area contributed by atoms with Crippen molar-refractivity contribution in [1.82, 2.24) is 0 Å². The van der Waals surface area contributed by atoms with Crippen LogP contribution in [0.15, 0.2) is 48.5 Å². The van der Waals surface area contributed by atoms with E-state index in [1.807, 2.05) is 0 Å². The van der Waals surface area contributed by atoms with Crippen LogP contribution in [-0.2, 0) is 15.4 Å². The largest absolute Gasteiger partial charge is 0.466 e. The van der Waals surface area contributed by atoms with E-state index in [4.69, 9.17) is 19.2 Å². The molecule has 0 aliphatic rings. The molecule has 0 amide bonds. The van der Waals surface area contributed by atoms with E-state index in [0.717, 1.165) is 27.9 Å². The van der Waals surface area contributed by atoms with Gasteiger partial charge < -0.3 is 14.7 Å². The molecule has 0 saturated carbocycles. The zero-order chi connectivity index (χ0) is 19.5. The minimum atomic E-state index is -4.64. The molecule has 0 fully saturated rings. The Morgan fingerprint density at radius 2 is 1.32 bits per heavy atom. The molecule has 0 heterocycles. The van der Waals surface area contributed by atoms with Crippen molar-refractivity contribution in [3.8, 4) is 0 Å². The first kappa shape index (κ1) is 22.6. The van der Waals surface area contributed by atoms with Gasteiger partial charge in [-0.05, 0) is 0 Å². The van der Waals surface area contributed by atoms with Gasteiger partial charge in [0, 0.05) is 0 Å². The van der Waals surface area contributed by atoms with Crippen LogP contribution in [0.5, 0.6) is 0 Å². The summed E-state index contributed by atoms with van der Waals surface area (Å²) in [6, 6.07) is 17.9. The maximum absolute atomic E-state index is 8.88. The zero-order valence-electron chi connectivity index (χ0n) is 15.8. The predicted molar refractivity (Wildman–Crippen MR) is 103 cm³/mol. The van der Waals surface area contributed by atoms with E-state index in [2.05, 4.69) is 83.1 Å². The van der Waals surface area contributed by atoms with Crippen LogP contribution in [0.3, 0.4) is 0 Å². The fraction of sp³-hybridized carbons (Fsp3) is 0.368. The van der Waals surface area contributed by atoms with Crippen LogP contribution in [0.4, 0.5) is 0 Å². The van der Waals surface area contributed by atoms with Gasteiger partial charge in [-0.25, -0.2) is 4.57 Å². The Labute approximate surface area is 168 Å². The molecule has 0 radical (unpaired) electrons. The standard InChI is InChI=1S/C19H23.Na.H3O4P/c1-18(2,3)16-12-9-13-17(14-16)19(4,5)15-10-7-6-8-11-15;;1-5(2,3)4/h6-11,13-14H,1-5H3;;(H3,1,2,3,4). The van der Waals surface area contributed by atoms with Crippen molar-refractivity contribution < 1.29 is 19.2 Å². The van der Waals surface area contributed by atoms with Crippen LogP contribution in [0.2, 0.25) is 0 Å². The number of rotatable bonds is 2. The van der Waals surface area contributed by atoms with Gasteiger partial charge in [-0.3, -0.25) is 0 Å². The van der Waals surface area contributed by atoms with Crippen molar-refractivity contribution >= 4 is 38.6 Å². The van der Waals surface area contributed by atoms with Gasteiger partial charge in [0.25, 0.3) is 0 Å². The summed E-state index contributed by atoms with van der Waals surface area (Å²) in [6.45, 7) is 11.6.